The minimum Gasteiger partial charge on any atom is -0.496 e. The SMILES string of the molecule is COc1ccc(C(C)(C)C(=O)O)cc1C(F)(F)F. The number of hydrogen-bond donors (Lipinski definition) is 1. The zero-order chi connectivity index (χ0) is 14.1. The number of methoxy groups -OCH3 is 1. The van der Waals surface area contributed by atoms with Crippen molar-refractivity contribution in [2.45, 2.75) is 25.4 Å². The Bertz CT molecular complexity index is 464. The van der Waals surface area contributed by atoms with Crippen LogP contribution in [0.5, 0.6) is 5.75 Å². The summed E-state index contributed by atoms with van der Waals surface area (Å²) in [5, 5.41) is 9.00. The molecular weight excluding hydrogens is 249 g/mol. The van der Waals surface area contributed by atoms with Gasteiger partial charge < -0.3 is 9.84 Å². The van der Waals surface area contributed by atoms with E-state index in [-0.39, 0.29) is 11.3 Å². The largest absolute Gasteiger partial charge is 0.496 e. The number of halogens is 3. The van der Waals surface area contributed by atoms with E-state index in [9.17, 15) is 18.0 Å². The van der Waals surface area contributed by atoms with E-state index in [0.29, 0.717) is 0 Å². The van der Waals surface area contributed by atoms with Crippen LogP contribution < -0.4 is 4.74 Å². The summed E-state index contributed by atoms with van der Waals surface area (Å²) in [6.45, 7) is 2.69. The molecule has 1 N–H and O–H groups in total. The van der Waals surface area contributed by atoms with Gasteiger partial charge in [-0.05, 0) is 31.5 Å². The van der Waals surface area contributed by atoms with E-state index >= 15 is 0 Å². The van der Waals surface area contributed by atoms with Gasteiger partial charge in [0.1, 0.15) is 5.75 Å². The van der Waals surface area contributed by atoms with Crippen LogP contribution in [0.2, 0.25) is 0 Å². The fourth-order valence-corrected chi connectivity index (χ4v) is 1.44. The average Bonchev–Trinajstić information content (AvgIpc) is 2.26. The van der Waals surface area contributed by atoms with Crippen molar-refractivity contribution in [2.75, 3.05) is 7.11 Å². The lowest BCUT2D eigenvalue weighted by molar-refractivity contribution is -0.143. The number of alkyl halides is 3. The van der Waals surface area contributed by atoms with Crippen molar-refractivity contribution in [1.29, 1.82) is 0 Å². The average molecular weight is 262 g/mol. The number of benzene rings is 1. The molecule has 0 atom stereocenters. The highest BCUT2D eigenvalue weighted by Crippen LogP contribution is 2.38. The standard InChI is InChI=1S/C12H13F3O3/c1-11(2,10(16)17)7-4-5-9(18-3)8(6-7)12(13,14)15/h4-6H,1-3H3,(H,16,17). The van der Waals surface area contributed by atoms with Gasteiger partial charge in [-0.25, -0.2) is 0 Å². The smallest absolute Gasteiger partial charge is 0.419 e. The van der Waals surface area contributed by atoms with Gasteiger partial charge in [-0.3, -0.25) is 4.79 Å². The van der Waals surface area contributed by atoms with Gasteiger partial charge in [0.15, 0.2) is 0 Å². The molecule has 3 nitrogen and oxygen atoms in total. The van der Waals surface area contributed by atoms with Gasteiger partial charge in [0.2, 0.25) is 0 Å². The Morgan fingerprint density at radius 3 is 2.22 bits per heavy atom. The first kappa shape index (κ1) is 14.3. The highest BCUT2D eigenvalue weighted by molar-refractivity contribution is 5.80. The van der Waals surface area contributed by atoms with Crippen LogP contribution in [0.25, 0.3) is 0 Å². The van der Waals surface area contributed by atoms with Gasteiger partial charge in [-0.1, -0.05) is 6.07 Å². The molecule has 1 rings (SSSR count). The summed E-state index contributed by atoms with van der Waals surface area (Å²) < 4.78 is 43.0. The first-order chi connectivity index (χ1) is 8.10. The summed E-state index contributed by atoms with van der Waals surface area (Å²) in [4.78, 5) is 11.0. The molecule has 18 heavy (non-hydrogen) atoms. The van der Waals surface area contributed by atoms with Gasteiger partial charge >= 0.3 is 12.1 Å². The predicted octanol–water partition coefficient (Wildman–Crippen LogP) is 3.08. The lowest BCUT2D eigenvalue weighted by atomic mass is 9.84. The third-order valence-electron chi connectivity index (χ3n) is 2.76. The minimum atomic E-state index is -4.59. The highest BCUT2D eigenvalue weighted by Gasteiger charge is 2.37. The highest BCUT2D eigenvalue weighted by atomic mass is 19.4. The summed E-state index contributed by atoms with van der Waals surface area (Å²) in [5.41, 5.74) is -2.30. The number of hydrogen-bond acceptors (Lipinski definition) is 2. The zero-order valence-electron chi connectivity index (χ0n) is 10.1. The zero-order valence-corrected chi connectivity index (χ0v) is 10.1. The van der Waals surface area contributed by atoms with Crippen molar-refractivity contribution in [1.82, 2.24) is 0 Å². The van der Waals surface area contributed by atoms with Crippen molar-refractivity contribution < 1.29 is 27.8 Å². The Kier molecular flexibility index (Phi) is 3.59. The first-order valence-electron chi connectivity index (χ1n) is 5.10. The number of aliphatic carboxylic acids is 1. The molecule has 0 radical (unpaired) electrons. The second-order valence-corrected chi connectivity index (χ2v) is 4.34. The second kappa shape index (κ2) is 4.51. The van der Waals surface area contributed by atoms with E-state index in [1.54, 1.807) is 0 Å². The molecule has 0 amide bonds. The predicted molar refractivity (Wildman–Crippen MR) is 58.7 cm³/mol. The molecule has 0 aliphatic heterocycles. The van der Waals surface area contributed by atoms with Gasteiger partial charge in [0.25, 0.3) is 0 Å². The van der Waals surface area contributed by atoms with Crippen LogP contribution in [0.4, 0.5) is 13.2 Å². The minimum absolute atomic E-state index is 0.0723. The molecule has 0 spiro atoms. The molecule has 0 saturated heterocycles. The molecule has 0 bridgehead atoms. The summed E-state index contributed by atoms with van der Waals surface area (Å²) in [6, 6.07) is 3.26. The molecule has 1 aromatic carbocycles. The summed E-state index contributed by atoms with van der Waals surface area (Å²) in [5.74, 6) is -1.52. The van der Waals surface area contributed by atoms with Crippen molar-refractivity contribution >= 4 is 5.97 Å². The summed E-state index contributed by atoms with van der Waals surface area (Å²) in [6.07, 6.45) is -4.59. The lowest BCUT2D eigenvalue weighted by Gasteiger charge is -2.22. The number of carbonyl (C=O) groups is 1. The van der Waals surface area contributed by atoms with E-state index in [0.717, 1.165) is 19.2 Å². The van der Waals surface area contributed by atoms with Crippen molar-refractivity contribution in [3.05, 3.63) is 29.3 Å². The Hall–Kier alpha value is -1.72. The first-order valence-corrected chi connectivity index (χ1v) is 5.10. The molecule has 1 aromatic rings. The van der Waals surface area contributed by atoms with E-state index in [1.807, 2.05) is 0 Å². The molecule has 6 heteroatoms. The Labute approximate surface area is 102 Å². The van der Waals surface area contributed by atoms with Crippen molar-refractivity contribution in [3.8, 4) is 5.75 Å². The Balaban J connectivity index is 3.41. The maximum Gasteiger partial charge on any atom is 0.419 e. The molecule has 0 unspecified atom stereocenters. The molecule has 0 aliphatic rings. The van der Waals surface area contributed by atoms with Crippen LogP contribution in [0.3, 0.4) is 0 Å². The Morgan fingerprint density at radius 2 is 1.83 bits per heavy atom. The van der Waals surface area contributed by atoms with Crippen molar-refractivity contribution in [3.63, 3.8) is 0 Å². The molecule has 0 aromatic heterocycles. The van der Waals surface area contributed by atoms with E-state index in [4.69, 9.17) is 5.11 Å². The molecule has 0 heterocycles. The number of carboxylic acids is 1. The van der Waals surface area contributed by atoms with Crippen molar-refractivity contribution in [2.24, 2.45) is 0 Å². The number of rotatable bonds is 3. The van der Waals surface area contributed by atoms with Gasteiger partial charge in [0.05, 0.1) is 18.1 Å². The van der Waals surface area contributed by atoms with Gasteiger partial charge in [-0.15, -0.1) is 0 Å². The topological polar surface area (TPSA) is 46.5 Å². The maximum absolute atomic E-state index is 12.8. The normalized spacial score (nSPS) is 12.3. The Morgan fingerprint density at radius 1 is 1.28 bits per heavy atom. The number of ether oxygens (including phenoxy) is 1. The summed E-state index contributed by atoms with van der Waals surface area (Å²) >= 11 is 0. The third-order valence-corrected chi connectivity index (χ3v) is 2.76. The van der Waals surface area contributed by atoms with Crippen LogP contribution >= 0.6 is 0 Å². The molecule has 0 saturated carbocycles. The van der Waals surface area contributed by atoms with E-state index in [2.05, 4.69) is 4.74 Å². The van der Waals surface area contributed by atoms with Gasteiger partial charge in [0, 0.05) is 0 Å². The van der Waals surface area contributed by atoms with Crippen LogP contribution in [0.15, 0.2) is 18.2 Å². The fourth-order valence-electron chi connectivity index (χ4n) is 1.44. The van der Waals surface area contributed by atoms with Gasteiger partial charge in [-0.2, -0.15) is 13.2 Å². The quantitative estimate of drug-likeness (QED) is 0.910. The molecule has 0 fully saturated rings. The number of carboxylic acid groups (broad SMARTS) is 1. The van der Waals surface area contributed by atoms with E-state index < -0.39 is 23.1 Å². The summed E-state index contributed by atoms with van der Waals surface area (Å²) in [7, 11) is 1.13. The monoisotopic (exact) mass is 262 g/mol. The van der Waals surface area contributed by atoms with Crippen LogP contribution in [0, 0.1) is 0 Å². The third kappa shape index (κ3) is 2.57. The van der Waals surface area contributed by atoms with Crippen LogP contribution in [-0.4, -0.2) is 18.2 Å². The maximum atomic E-state index is 12.8. The van der Waals surface area contributed by atoms with Crippen LogP contribution in [0.1, 0.15) is 25.0 Å². The lowest BCUT2D eigenvalue weighted by Crippen LogP contribution is -2.29. The molecular formula is C12H13F3O3. The van der Waals surface area contributed by atoms with Crippen LogP contribution in [-0.2, 0) is 16.4 Å². The second-order valence-electron chi connectivity index (χ2n) is 4.34. The molecule has 0 aliphatic carbocycles. The molecule has 100 valence electrons. The fraction of sp³-hybridized carbons (Fsp3) is 0.417. The van der Waals surface area contributed by atoms with E-state index in [1.165, 1.54) is 19.9 Å².